The summed E-state index contributed by atoms with van der Waals surface area (Å²) in [5.41, 5.74) is 28.1. The topological polar surface area (TPSA) is 213 Å². The summed E-state index contributed by atoms with van der Waals surface area (Å²) in [6.07, 6.45) is 12.1. The van der Waals surface area contributed by atoms with Crippen LogP contribution in [0.3, 0.4) is 0 Å². The number of nitrogens with one attached hydrogen (secondary N) is 6. The van der Waals surface area contributed by atoms with Crippen LogP contribution in [0.25, 0.3) is 182 Å². The third kappa shape index (κ3) is 12.1. The van der Waals surface area contributed by atoms with Crippen molar-refractivity contribution in [3.63, 3.8) is 0 Å². The quantitative estimate of drug-likeness (QED) is 0.0555. The van der Waals surface area contributed by atoms with Gasteiger partial charge < -0.3 is 40.8 Å². The number of rotatable bonds is 13. The molecule has 4 aliphatic heterocycles. The molecule has 6 aromatic heterocycles. The summed E-state index contributed by atoms with van der Waals surface area (Å²) in [5.74, 6) is -1.97. The van der Waals surface area contributed by atoms with Crippen molar-refractivity contribution < 1.29 is 19.8 Å². The Morgan fingerprint density at radius 2 is 0.387 bits per heavy atom. The summed E-state index contributed by atoms with van der Waals surface area (Å²) in [4.78, 5) is 64.7. The molecule has 0 radical (unpaired) electrons. The third-order valence-electron chi connectivity index (χ3n) is 19.6. The molecule has 8 N–H and O–H groups in total. The standard InChI is InChI=1S/C92H64N10O4/c103-89(91(105)93-63-35-31-61(32-36-63)87-77-51-47-73(99-77)83(57-23-11-3-12-24-57)69-43-39-65(95-69)81(55-19-7-1-8-20-55)66-40-44-70(96-66)84(58-25-13-4-14-26-58)74-48-52-78(87)100-74)90(104)92(106)94-64-37-33-62(34-38-64)88-79-53-49-75(101-79)85(59-27-15-5-16-28-59)71-45-41-67(97-71)82(56-21-9-2-10-22-56)68-42-46-72(98-68)86(60-29-17-6-18-30-60)76-50-54-80(88)102-76/h1-54,89-90,95,97,100,102-104H,(H,93,105)(H,94,106)/t89-,90-/m1/s1. The molecule has 2 amide bonds. The maximum atomic E-state index is 13.9. The second-order valence-corrected chi connectivity index (χ2v) is 26.2. The lowest BCUT2D eigenvalue weighted by molar-refractivity contribution is -0.139. The summed E-state index contributed by atoms with van der Waals surface area (Å²) in [6, 6.07) is 92.4. The van der Waals surface area contributed by atoms with Crippen molar-refractivity contribution in [1.82, 2.24) is 39.9 Å². The maximum absolute atomic E-state index is 13.9. The first-order chi connectivity index (χ1) is 52.2. The second-order valence-electron chi connectivity index (χ2n) is 26.2. The molecule has 506 valence electrons. The maximum Gasteiger partial charge on any atom is 0.256 e. The lowest BCUT2D eigenvalue weighted by Gasteiger charge is -2.17. The third-order valence-corrected chi connectivity index (χ3v) is 19.6. The van der Waals surface area contributed by atoms with Crippen LogP contribution in [-0.2, 0) is 9.59 Å². The molecule has 0 spiro atoms. The van der Waals surface area contributed by atoms with Crippen molar-refractivity contribution in [1.29, 1.82) is 0 Å². The molecule has 8 aromatic carbocycles. The highest BCUT2D eigenvalue weighted by Gasteiger charge is 2.31. The highest BCUT2D eigenvalue weighted by Crippen LogP contribution is 2.42. The average molecular weight is 1370 g/mol. The van der Waals surface area contributed by atoms with Gasteiger partial charge in [0.1, 0.15) is 0 Å². The number of aromatic amines is 4. The van der Waals surface area contributed by atoms with Crippen LogP contribution in [0.2, 0.25) is 0 Å². The molecule has 16 bridgehead atoms. The van der Waals surface area contributed by atoms with Crippen molar-refractivity contribution in [2.45, 2.75) is 12.2 Å². The van der Waals surface area contributed by atoms with E-state index in [1.807, 2.05) is 170 Å². The van der Waals surface area contributed by atoms with Crippen LogP contribution < -0.4 is 10.6 Å². The molecular weight excluding hydrogens is 1310 g/mol. The summed E-state index contributed by atoms with van der Waals surface area (Å²) in [6.45, 7) is 0. The Labute approximate surface area is 608 Å². The Kier molecular flexibility index (Phi) is 16.5. The lowest BCUT2D eigenvalue weighted by Crippen LogP contribution is -2.45. The highest BCUT2D eigenvalue weighted by molar-refractivity contribution is 6.05. The molecule has 14 nitrogen and oxygen atoms in total. The zero-order valence-electron chi connectivity index (χ0n) is 56.8. The minimum absolute atomic E-state index is 0.316. The number of aliphatic hydroxyl groups excluding tert-OH is 2. The first-order valence-corrected chi connectivity index (χ1v) is 35.0. The van der Waals surface area contributed by atoms with Crippen molar-refractivity contribution in [2.24, 2.45) is 0 Å². The van der Waals surface area contributed by atoms with Crippen molar-refractivity contribution >= 4 is 116 Å². The first-order valence-electron chi connectivity index (χ1n) is 35.0. The number of fused-ring (bicyclic) bond motifs is 16. The molecule has 14 heteroatoms. The van der Waals surface area contributed by atoms with E-state index in [9.17, 15) is 19.8 Å². The lowest BCUT2D eigenvalue weighted by atomic mass is 10.0. The van der Waals surface area contributed by atoms with E-state index in [0.29, 0.717) is 22.8 Å². The summed E-state index contributed by atoms with van der Waals surface area (Å²) in [5, 5.41) is 28.3. The van der Waals surface area contributed by atoms with Gasteiger partial charge in [0.2, 0.25) is 0 Å². The van der Waals surface area contributed by atoms with Crippen molar-refractivity contribution in [2.75, 3.05) is 10.6 Å². The number of H-pyrrole nitrogens is 4. The van der Waals surface area contributed by atoms with Crippen LogP contribution >= 0.6 is 0 Å². The van der Waals surface area contributed by atoms with Crippen LogP contribution in [-0.4, -0.2) is 74.1 Å². The van der Waals surface area contributed by atoms with E-state index >= 15 is 0 Å². The Hall–Kier alpha value is -14.2. The molecule has 4 aliphatic rings. The Balaban J connectivity index is 0.664. The van der Waals surface area contributed by atoms with Gasteiger partial charge in [0, 0.05) is 100 Å². The number of amides is 2. The van der Waals surface area contributed by atoms with Gasteiger partial charge >= 0.3 is 0 Å². The smallest absolute Gasteiger partial charge is 0.256 e. The number of benzene rings is 8. The molecule has 0 unspecified atom stereocenters. The van der Waals surface area contributed by atoms with Crippen LogP contribution in [0.15, 0.2) is 279 Å². The molecule has 14 aromatic rings. The SMILES string of the molecule is O=C(Nc1ccc(-c2c3nc(c(-c4ccccc4)c4ccc([nH]4)c(-c4ccccc4)c4nc(c(-c5ccccc5)c5ccc2[nH]5)C=C4)C=C3)cc1)[C@H](O)[C@@H](O)C(=O)Nc1ccc(-c2c3nc(c(-c4ccccc4)c4ccc([nH]4)c(-c4ccccc4)c4nc(c(-c5ccccc5)c5ccc2[nH]5)C=C4)C=C3)cc1. The number of aliphatic hydroxyl groups is 2. The summed E-state index contributed by atoms with van der Waals surface area (Å²) in [7, 11) is 0. The number of carbonyl (C=O) groups is 2. The predicted molar refractivity (Wildman–Crippen MR) is 430 cm³/mol. The molecular formula is C92H64N10O4. The molecule has 0 fully saturated rings. The molecule has 0 saturated heterocycles. The monoisotopic (exact) mass is 1370 g/mol. The Morgan fingerprint density at radius 1 is 0.226 bits per heavy atom. The van der Waals surface area contributed by atoms with Gasteiger partial charge in [-0.2, -0.15) is 0 Å². The molecule has 10 heterocycles. The number of hydrogen-bond acceptors (Lipinski definition) is 8. The fourth-order valence-corrected chi connectivity index (χ4v) is 14.6. The van der Waals surface area contributed by atoms with E-state index in [-0.39, 0.29) is 0 Å². The molecule has 0 aliphatic carbocycles. The van der Waals surface area contributed by atoms with E-state index in [4.69, 9.17) is 19.9 Å². The van der Waals surface area contributed by atoms with E-state index in [1.54, 1.807) is 24.3 Å². The van der Waals surface area contributed by atoms with Gasteiger partial charge in [0.15, 0.2) is 12.2 Å². The molecule has 2 atom stereocenters. The number of hydrogen-bond donors (Lipinski definition) is 8. The van der Waals surface area contributed by atoms with E-state index in [0.717, 1.165) is 167 Å². The largest absolute Gasteiger partial charge is 0.380 e. The minimum atomic E-state index is -2.15. The Morgan fingerprint density at radius 3 is 0.557 bits per heavy atom. The van der Waals surface area contributed by atoms with Gasteiger partial charge in [0.25, 0.3) is 11.8 Å². The van der Waals surface area contributed by atoms with Gasteiger partial charge in [-0.25, -0.2) is 19.9 Å². The van der Waals surface area contributed by atoms with Gasteiger partial charge in [-0.1, -0.05) is 206 Å². The van der Waals surface area contributed by atoms with E-state index in [2.05, 4.69) is 164 Å². The van der Waals surface area contributed by atoms with E-state index < -0.39 is 24.0 Å². The zero-order chi connectivity index (χ0) is 71.2. The van der Waals surface area contributed by atoms with Crippen LogP contribution in [0.1, 0.15) is 45.6 Å². The van der Waals surface area contributed by atoms with Gasteiger partial charge in [-0.05, 0) is 166 Å². The molecule has 106 heavy (non-hydrogen) atoms. The highest BCUT2D eigenvalue weighted by atomic mass is 16.3. The van der Waals surface area contributed by atoms with Crippen LogP contribution in [0.4, 0.5) is 11.4 Å². The average Bonchev–Trinajstić information content (AvgIpc) is 1.61. The minimum Gasteiger partial charge on any atom is -0.380 e. The van der Waals surface area contributed by atoms with Gasteiger partial charge in [-0.3, -0.25) is 9.59 Å². The molecule has 0 saturated carbocycles. The Bertz CT molecular complexity index is 5840. The number of carbonyl (C=O) groups excluding carboxylic acids is 2. The number of aromatic nitrogens is 8. The fourth-order valence-electron chi connectivity index (χ4n) is 14.6. The fraction of sp³-hybridized carbons (Fsp3) is 0.0217. The predicted octanol–water partition coefficient (Wildman–Crippen LogP) is 20.3. The van der Waals surface area contributed by atoms with Crippen LogP contribution in [0, 0.1) is 0 Å². The normalized spacial score (nSPS) is 12.7. The van der Waals surface area contributed by atoms with E-state index in [1.165, 1.54) is 0 Å². The molecule has 18 rings (SSSR count). The summed E-state index contributed by atoms with van der Waals surface area (Å²) < 4.78 is 0. The summed E-state index contributed by atoms with van der Waals surface area (Å²) >= 11 is 0. The van der Waals surface area contributed by atoms with Crippen molar-refractivity contribution in [3.8, 4) is 89.0 Å². The zero-order valence-corrected chi connectivity index (χ0v) is 56.8. The van der Waals surface area contributed by atoms with Gasteiger partial charge in [0.05, 0.1) is 45.6 Å². The first kappa shape index (κ1) is 64.0. The number of anilines is 2. The second kappa shape index (κ2) is 27.3. The number of nitrogens with zero attached hydrogens (tertiary/aromatic N) is 4. The van der Waals surface area contributed by atoms with Gasteiger partial charge in [-0.15, -0.1) is 0 Å². The van der Waals surface area contributed by atoms with Crippen molar-refractivity contribution in [3.05, 3.63) is 325 Å². The van der Waals surface area contributed by atoms with Crippen LogP contribution in [0.5, 0.6) is 0 Å².